The van der Waals surface area contributed by atoms with Gasteiger partial charge in [0.15, 0.2) is 0 Å². The molecule has 0 heterocycles. The van der Waals surface area contributed by atoms with Crippen LogP contribution in [0.25, 0.3) is 0 Å². The molecule has 21 heavy (non-hydrogen) atoms. The van der Waals surface area contributed by atoms with Gasteiger partial charge in [-0.25, -0.2) is 0 Å². The SMILES string of the molecule is CCCNC(c1cc(C)cc(C)c1)c1ccc(C)c(C)c1. The molecular formula is C20H27N. The van der Waals surface area contributed by atoms with E-state index >= 15 is 0 Å². The van der Waals surface area contributed by atoms with Crippen LogP contribution in [0.5, 0.6) is 0 Å². The minimum Gasteiger partial charge on any atom is -0.306 e. The molecule has 112 valence electrons. The molecule has 0 radical (unpaired) electrons. The van der Waals surface area contributed by atoms with Gasteiger partial charge in [0, 0.05) is 0 Å². The smallest absolute Gasteiger partial charge is 0.0577 e. The molecule has 0 saturated carbocycles. The minimum absolute atomic E-state index is 0.280. The van der Waals surface area contributed by atoms with Crippen molar-refractivity contribution in [3.05, 3.63) is 69.8 Å². The first-order chi connectivity index (χ1) is 10.0. The van der Waals surface area contributed by atoms with E-state index in [1.165, 1.54) is 33.4 Å². The van der Waals surface area contributed by atoms with Crippen molar-refractivity contribution in [2.45, 2.75) is 47.1 Å². The predicted molar refractivity (Wildman–Crippen MR) is 92.0 cm³/mol. The van der Waals surface area contributed by atoms with Crippen LogP contribution in [0.1, 0.15) is 52.8 Å². The molecule has 0 aliphatic rings. The van der Waals surface area contributed by atoms with E-state index in [0.29, 0.717) is 0 Å². The van der Waals surface area contributed by atoms with E-state index in [4.69, 9.17) is 0 Å². The lowest BCUT2D eigenvalue weighted by molar-refractivity contribution is 0.597. The molecule has 1 heteroatoms. The van der Waals surface area contributed by atoms with Crippen molar-refractivity contribution in [1.29, 1.82) is 0 Å². The number of hydrogen-bond donors (Lipinski definition) is 1. The van der Waals surface area contributed by atoms with Crippen LogP contribution in [0.2, 0.25) is 0 Å². The second kappa shape index (κ2) is 6.91. The summed E-state index contributed by atoms with van der Waals surface area (Å²) in [6, 6.07) is 13.9. The molecule has 0 bridgehead atoms. The molecule has 0 aliphatic heterocycles. The van der Waals surface area contributed by atoms with Gasteiger partial charge < -0.3 is 5.32 Å². The second-order valence-electron chi connectivity index (χ2n) is 6.15. The highest BCUT2D eigenvalue weighted by atomic mass is 14.9. The molecule has 2 aromatic rings. The largest absolute Gasteiger partial charge is 0.306 e. The van der Waals surface area contributed by atoms with Gasteiger partial charge >= 0.3 is 0 Å². The van der Waals surface area contributed by atoms with E-state index < -0.39 is 0 Å². The van der Waals surface area contributed by atoms with Crippen LogP contribution in [-0.2, 0) is 0 Å². The van der Waals surface area contributed by atoms with Crippen molar-refractivity contribution in [2.24, 2.45) is 0 Å². The lowest BCUT2D eigenvalue weighted by Gasteiger charge is -2.21. The zero-order chi connectivity index (χ0) is 15.4. The molecule has 2 rings (SSSR count). The maximum absolute atomic E-state index is 3.70. The summed E-state index contributed by atoms with van der Waals surface area (Å²) in [5.74, 6) is 0. The Hall–Kier alpha value is -1.60. The van der Waals surface area contributed by atoms with Crippen LogP contribution in [0.15, 0.2) is 36.4 Å². The van der Waals surface area contributed by atoms with Gasteiger partial charge in [-0.2, -0.15) is 0 Å². The third-order valence-electron chi connectivity index (χ3n) is 4.04. The Balaban J connectivity index is 2.43. The Kier molecular flexibility index (Phi) is 5.19. The Morgan fingerprint density at radius 1 is 0.810 bits per heavy atom. The number of rotatable bonds is 5. The zero-order valence-electron chi connectivity index (χ0n) is 14.0. The number of hydrogen-bond acceptors (Lipinski definition) is 1. The fourth-order valence-corrected chi connectivity index (χ4v) is 2.84. The summed E-state index contributed by atoms with van der Waals surface area (Å²) in [4.78, 5) is 0. The average molecular weight is 281 g/mol. The lowest BCUT2D eigenvalue weighted by atomic mass is 9.93. The van der Waals surface area contributed by atoms with E-state index in [2.05, 4.69) is 76.3 Å². The van der Waals surface area contributed by atoms with Gasteiger partial charge in [0.1, 0.15) is 0 Å². The predicted octanol–water partition coefficient (Wildman–Crippen LogP) is 5.01. The highest BCUT2D eigenvalue weighted by molar-refractivity contribution is 5.39. The molecular weight excluding hydrogens is 254 g/mol. The maximum atomic E-state index is 3.70. The van der Waals surface area contributed by atoms with Crippen LogP contribution in [0.4, 0.5) is 0 Å². The first-order valence-electron chi connectivity index (χ1n) is 7.90. The molecule has 0 aliphatic carbocycles. The topological polar surface area (TPSA) is 12.0 Å². The minimum atomic E-state index is 0.280. The summed E-state index contributed by atoms with van der Waals surface area (Å²) in [6.07, 6.45) is 1.14. The van der Waals surface area contributed by atoms with Crippen LogP contribution in [0, 0.1) is 27.7 Å². The van der Waals surface area contributed by atoms with Gasteiger partial charge in [-0.15, -0.1) is 0 Å². The van der Waals surface area contributed by atoms with Crippen molar-refractivity contribution in [3.8, 4) is 0 Å². The summed E-state index contributed by atoms with van der Waals surface area (Å²) in [5.41, 5.74) is 8.10. The van der Waals surface area contributed by atoms with Gasteiger partial charge in [0.25, 0.3) is 0 Å². The fourth-order valence-electron chi connectivity index (χ4n) is 2.84. The van der Waals surface area contributed by atoms with E-state index in [0.717, 1.165) is 13.0 Å². The van der Waals surface area contributed by atoms with Crippen LogP contribution >= 0.6 is 0 Å². The van der Waals surface area contributed by atoms with Gasteiger partial charge in [-0.3, -0.25) is 0 Å². The highest BCUT2D eigenvalue weighted by Crippen LogP contribution is 2.25. The normalized spacial score (nSPS) is 12.4. The molecule has 1 atom stereocenters. The monoisotopic (exact) mass is 281 g/mol. The Bertz CT molecular complexity index is 593. The van der Waals surface area contributed by atoms with Gasteiger partial charge in [0.2, 0.25) is 0 Å². The van der Waals surface area contributed by atoms with E-state index in [1.807, 2.05) is 0 Å². The van der Waals surface area contributed by atoms with Crippen LogP contribution in [0.3, 0.4) is 0 Å². The number of aryl methyl sites for hydroxylation is 4. The van der Waals surface area contributed by atoms with E-state index in [1.54, 1.807) is 0 Å². The quantitative estimate of drug-likeness (QED) is 0.812. The first-order valence-corrected chi connectivity index (χ1v) is 7.90. The standard InChI is InChI=1S/C20H27N/c1-6-9-21-20(18-8-7-16(4)17(5)13-18)19-11-14(2)10-15(3)12-19/h7-8,10-13,20-21H,6,9H2,1-5H3. The van der Waals surface area contributed by atoms with Crippen molar-refractivity contribution < 1.29 is 0 Å². The molecule has 1 nitrogen and oxygen atoms in total. The lowest BCUT2D eigenvalue weighted by Crippen LogP contribution is -2.23. The second-order valence-corrected chi connectivity index (χ2v) is 6.15. The third-order valence-corrected chi connectivity index (χ3v) is 4.04. The summed E-state index contributed by atoms with van der Waals surface area (Å²) < 4.78 is 0. The average Bonchev–Trinajstić information content (AvgIpc) is 2.42. The Morgan fingerprint density at radius 3 is 2.05 bits per heavy atom. The summed E-state index contributed by atoms with van der Waals surface area (Å²) in [6.45, 7) is 12.0. The Morgan fingerprint density at radius 2 is 1.48 bits per heavy atom. The Labute approximate surface area is 129 Å². The van der Waals surface area contributed by atoms with Gasteiger partial charge in [0.05, 0.1) is 6.04 Å². The van der Waals surface area contributed by atoms with Crippen molar-refractivity contribution in [2.75, 3.05) is 6.54 Å². The molecule has 1 unspecified atom stereocenters. The fraction of sp³-hybridized carbons (Fsp3) is 0.400. The number of nitrogens with one attached hydrogen (secondary N) is 1. The molecule has 0 saturated heterocycles. The van der Waals surface area contributed by atoms with Crippen LogP contribution in [-0.4, -0.2) is 6.54 Å². The van der Waals surface area contributed by atoms with Crippen molar-refractivity contribution in [1.82, 2.24) is 5.32 Å². The molecule has 0 fully saturated rings. The maximum Gasteiger partial charge on any atom is 0.0577 e. The molecule has 0 aromatic heterocycles. The zero-order valence-corrected chi connectivity index (χ0v) is 14.0. The molecule has 2 aromatic carbocycles. The highest BCUT2D eigenvalue weighted by Gasteiger charge is 2.14. The van der Waals surface area contributed by atoms with Gasteiger partial charge in [-0.1, -0.05) is 54.4 Å². The van der Waals surface area contributed by atoms with Gasteiger partial charge in [-0.05, 0) is 62.9 Å². The molecule has 0 spiro atoms. The van der Waals surface area contributed by atoms with E-state index in [9.17, 15) is 0 Å². The van der Waals surface area contributed by atoms with Crippen LogP contribution < -0.4 is 5.32 Å². The summed E-state index contributed by atoms with van der Waals surface area (Å²) in [5, 5.41) is 3.70. The van der Waals surface area contributed by atoms with Crippen molar-refractivity contribution in [3.63, 3.8) is 0 Å². The number of benzene rings is 2. The van der Waals surface area contributed by atoms with E-state index in [-0.39, 0.29) is 6.04 Å². The summed E-state index contributed by atoms with van der Waals surface area (Å²) in [7, 11) is 0. The first kappa shape index (κ1) is 15.8. The molecule has 0 amide bonds. The molecule has 1 N–H and O–H groups in total. The van der Waals surface area contributed by atoms with Crippen molar-refractivity contribution >= 4 is 0 Å². The third kappa shape index (κ3) is 3.95. The summed E-state index contributed by atoms with van der Waals surface area (Å²) >= 11 is 0.